The Morgan fingerprint density at radius 3 is 2.79 bits per heavy atom. The van der Waals surface area contributed by atoms with E-state index in [2.05, 4.69) is 10.3 Å². The van der Waals surface area contributed by atoms with Crippen molar-refractivity contribution in [3.8, 4) is 11.5 Å². The van der Waals surface area contributed by atoms with Gasteiger partial charge in [0, 0.05) is 16.8 Å². The van der Waals surface area contributed by atoms with Crippen LogP contribution >= 0.6 is 11.3 Å². The molecule has 6 nitrogen and oxygen atoms in total. The molecular weight excluding hydrogens is 388 g/mol. The molecule has 0 aliphatic carbocycles. The first-order valence-electron chi connectivity index (χ1n) is 9.10. The van der Waals surface area contributed by atoms with Crippen LogP contribution in [0.25, 0.3) is 22.4 Å². The number of pyridine rings is 1. The third kappa shape index (κ3) is 4.52. The summed E-state index contributed by atoms with van der Waals surface area (Å²) in [5, 5.41) is 5.42. The minimum atomic E-state index is -0.579. The monoisotopic (exact) mass is 406 g/mol. The minimum Gasteiger partial charge on any atom is -0.463 e. The standard InChI is InChI=1S/C22H18N2O4S/c25-21(23-10-9-15-5-4-12-29-15)14-28-22(26)17-13-19(20-8-3-11-27-20)24-18-7-2-1-6-16(17)18/h1-8,11-13H,9-10,14H2,(H,23,25). The summed E-state index contributed by atoms with van der Waals surface area (Å²) >= 11 is 1.64. The normalized spacial score (nSPS) is 10.8. The number of para-hydroxylation sites is 1. The lowest BCUT2D eigenvalue weighted by Gasteiger charge is -2.09. The first-order valence-corrected chi connectivity index (χ1v) is 9.98. The van der Waals surface area contributed by atoms with Gasteiger partial charge in [-0.25, -0.2) is 9.78 Å². The molecule has 4 rings (SSSR count). The number of thiophene rings is 1. The molecule has 0 fully saturated rings. The van der Waals surface area contributed by atoms with Crippen LogP contribution < -0.4 is 5.32 Å². The lowest BCUT2D eigenvalue weighted by Crippen LogP contribution is -2.30. The molecule has 0 aliphatic rings. The van der Waals surface area contributed by atoms with Crippen molar-refractivity contribution in [3.63, 3.8) is 0 Å². The number of hydrogen-bond donors (Lipinski definition) is 1. The highest BCUT2D eigenvalue weighted by atomic mass is 32.1. The number of ether oxygens (including phenoxy) is 1. The zero-order valence-corrected chi connectivity index (χ0v) is 16.3. The van der Waals surface area contributed by atoms with Crippen LogP contribution in [0.3, 0.4) is 0 Å². The van der Waals surface area contributed by atoms with Gasteiger partial charge >= 0.3 is 5.97 Å². The average Bonchev–Trinajstić information content (AvgIpc) is 3.45. The van der Waals surface area contributed by atoms with Gasteiger partial charge in [-0.3, -0.25) is 4.79 Å². The van der Waals surface area contributed by atoms with Crippen molar-refractivity contribution in [3.05, 3.63) is 76.7 Å². The average molecular weight is 406 g/mol. The van der Waals surface area contributed by atoms with Crippen LogP contribution in [0.4, 0.5) is 0 Å². The number of benzene rings is 1. The number of rotatable bonds is 7. The maximum atomic E-state index is 12.7. The van der Waals surface area contributed by atoms with Crippen molar-refractivity contribution in [1.29, 1.82) is 0 Å². The van der Waals surface area contributed by atoms with Crippen LogP contribution in [-0.2, 0) is 16.0 Å². The first-order chi connectivity index (χ1) is 14.2. The molecular formula is C22H18N2O4S. The summed E-state index contributed by atoms with van der Waals surface area (Å²) in [6.07, 6.45) is 2.30. The number of furan rings is 1. The van der Waals surface area contributed by atoms with Gasteiger partial charge in [-0.15, -0.1) is 11.3 Å². The van der Waals surface area contributed by atoms with Crippen molar-refractivity contribution in [2.75, 3.05) is 13.2 Å². The largest absolute Gasteiger partial charge is 0.463 e. The van der Waals surface area contributed by atoms with E-state index in [1.54, 1.807) is 41.9 Å². The second kappa shape index (κ2) is 8.70. The number of amides is 1. The van der Waals surface area contributed by atoms with Gasteiger partial charge < -0.3 is 14.5 Å². The van der Waals surface area contributed by atoms with Crippen molar-refractivity contribution in [1.82, 2.24) is 10.3 Å². The smallest absolute Gasteiger partial charge is 0.339 e. The molecule has 0 aliphatic heterocycles. The van der Waals surface area contributed by atoms with Crippen molar-refractivity contribution in [2.45, 2.75) is 6.42 Å². The molecule has 7 heteroatoms. The van der Waals surface area contributed by atoms with Gasteiger partial charge in [0.25, 0.3) is 5.91 Å². The molecule has 1 amide bonds. The second-order valence-corrected chi connectivity index (χ2v) is 7.34. The number of fused-ring (bicyclic) bond motifs is 1. The number of nitrogens with one attached hydrogen (secondary N) is 1. The number of esters is 1. The van der Waals surface area contributed by atoms with E-state index in [-0.39, 0.29) is 12.5 Å². The van der Waals surface area contributed by atoms with Crippen LogP contribution in [0, 0.1) is 0 Å². The summed E-state index contributed by atoms with van der Waals surface area (Å²) < 4.78 is 10.6. The van der Waals surface area contributed by atoms with Crippen LogP contribution in [0.2, 0.25) is 0 Å². The van der Waals surface area contributed by atoms with Gasteiger partial charge in [0.05, 0.1) is 17.3 Å². The summed E-state index contributed by atoms with van der Waals surface area (Å²) in [6, 6.07) is 16.4. The van der Waals surface area contributed by atoms with Crippen molar-refractivity contribution < 1.29 is 18.7 Å². The number of aromatic nitrogens is 1. The molecule has 1 aromatic carbocycles. The first kappa shape index (κ1) is 18.9. The fourth-order valence-corrected chi connectivity index (χ4v) is 3.64. The van der Waals surface area contributed by atoms with Gasteiger partial charge in [-0.2, -0.15) is 0 Å². The maximum Gasteiger partial charge on any atom is 0.339 e. The molecule has 0 unspecified atom stereocenters. The van der Waals surface area contributed by atoms with E-state index in [0.29, 0.717) is 34.5 Å². The van der Waals surface area contributed by atoms with Crippen molar-refractivity contribution in [2.24, 2.45) is 0 Å². The molecule has 0 atom stereocenters. The number of carbonyl (C=O) groups is 2. The molecule has 0 bridgehead atoms. The minimum absolute atomic E-state index is 0.334. The Morgan fingerprint density at radius 1 is 1.10 bits per heavy atom. The third-order valence-corrected chi connectivity index (χ3v) is 5.25. The predicted octanol–water partition coefficient (Wildman–Crippen LogP) is 4.07. The van der Waals surface area contributed by atoms with Gasteiger partial charge in [-0.05, 0) is 42.1 Å². The van der Waals surface area contributed by atoms with E-state index in [1.165, 1.54) is 4.88 Å². The van der Waals surface area contributed by atoms with Crippen molar-refractivity contribution >= 4 is 34.1 Å². The van der Waals surface area contributed by atoms with E-state index in [4.69, 9.17) is 9.15 Å². The molecule has 4 aromatic rings. The Hall–Kier alpha value is -3.45. The van der Waals surface area contributed by atoms with Gasteiger partial charge in [0.2, 0.25) is 0 Å². The van der Waals surface area contributed by atoms with Gasteiger partial charge in [-0.1, -0.05) is 24.3 Å². The Balaban J connectivity index is 1.44. The molecule has 3 heterocycles. The third-order valence-electron chi connectivity index (χ3n) is 4.32. The summed E-state index contributed by atoms with van der Waals surface area (Å²) in [6.45, 7) is 0.160. The fourth-order valence-electron chi connectivity index (χ4n) is 2.93. The number of hydrogen-bond acceptors (Lipinski definition) is 6. The summed E-state index contributed by atoms with van der Waals surface area (Å²) in [5.74, 6) is -0.361. The van der Waals surface area contributed by atoms with Gasteiger partial charge in [0.15, 0.2) is 12.4 Å². The predicted molar refractivity (Wildman–Crippen MR) is 111 cm³/mol. The Bertz CT molecular complexity index is 1120. The molecule has 0 saturated heterocycles. The molecule has 3 aromatic heterocycles. The van der Waals surface area contributed by atoms with E-state index in [0.717, 1.165) is 6.42 Å². The highest BCUT2D eigenvalue weighted by molar-refractivity contribution is 7.09. The Labute approximate surface area is 171 Å². The molecule has 0 saturated carbocycles. The highest BCUT2D eigenvalue weighted by Gasteiger charge is 2.17. The highest BCUT2D eigenvalue weighted by Crippen LogP contribution is 2.25. The van der Waals surface area contributed by atoms with E-state index in [9.17, 15) is 9.59 Å². The van der Waals surface area contributed by atoms with Crippen LogP contribution in [-0.4, -0.2) is 30.0 Å². The number of nitrogens with zero attached hydrogens (tertiary/aromatic N) is 1. The lowest BCUT2D eigenvalue weighted by molar-refractivity contribution is -0.124. The quantitative estimate of drug-likeness (QED) is 0.468. The molecule has 29 heavy (non-hydrogen) atoms. The zero-order valence-electron chi connectivity index (χ0n) is 15.5. The summed E-state index contributed by atoms with van der Waals surface area (Å²) in [7, 11) is 0. The summed E-state index contributed by atoms with van der Waals surface area (Å²) in [5.41, 5.74) is 1.52. The summed E-state index contributed by atoms with van der Waals surface area (Å²) in [4.78, 5) is 30.4. The fraction of sp³-hybridized carbons (Fsp3) is 0.136. The number of carbonyl (C=O) groups excluding carboxylic acids is 2. The molecule has 0 radical (unpaired) electrons. The topological polar surface area (TPSA) is 81.4 Å². The van der Waals surface area contributed by atoms with Crippen LogP contribution in [0.15, 0.2) is 70.7 Å². The van der Waals surface area contributed by atoms with Crippen LogP contribution in [0.1, 0.15) is 15.2 Å². The van der Waals surface area contributed by atoms with E-state index < -0.39 is 5.97 Å². The molecule has 1 N–H and O–H groups in total. The lowest BCUT2D eigenvalue weighted by atomic mass is 10.1. The second-order valence-electron chi connectivity index (χ2n) is 6.30. The molecule has 0 spiro atoms. The Morgan fingerprint density at radius 2 is 2.00 bits per heavy atom. The SMILES string of the molecule is O=C(COC(=O)c1cc(-c2ccco2)nc2ccccc12)NCCc1cccs1. The maximum absolute atomic E-state index is 12.7. The zero-order chi connectivity index (χ0) is 20.1. The molecule has 146 valence electrons. The Kier molecular flexibility index (Phi) is 5.67. The van der Waals surface area contributed by atoms with E-state index >= 15 is 0 Å². The van der Waals surface area contributed by atoms with E-state index in [1.807, 2.05) is 35.7 Å². The van der Waals surface area contributed by atoms with Crippen LogP contribution in [0.5, 0.6) is 0 Å². The van der Waals surface area contributed by atoms with Gasteiger partial charge in [0.1, 0.15) is 5.69 Å².